The molecule has 66 valence electrons. The zero-order chi connectivity index (χ0) is 8.43. The molecule has 5 nitrogen and oxygen atoms in total. The van der Waals surface area contributed by atoms with Crippen LogP contribution in [0.1, 0.15) is 10.5 Å². The molecule has 0 fully saturated rings. The number of aromatic carboxylic acids is 1. The lowest BCUT2D eigenvalue weighted by Gasteiger charge is -1.97. The Morgan fingerprint density at radius 2 is 2.08 bits per heavy atom. The molecule has 1 aromatic rings. The summed E-state index contributed by atoms with van der Waals surface area (Å²) in [7, 11) is 0. The number of carboxylic acid groups (broad SMARTS) is 1. The molecule has 0 unspecified atom stereocenters. The monoisotopic (exact) mass is 190 g/mol. The number of aromatic hydroxyl groups is 1. The summed E-state index contributed by atoms with van der Waals surface area (Å²) in [5, 5.41) is 17.2. The zero-order valence-electron chi connectivity index (χ0n) is 5.89. The number of pyridine rings is 1. The highest BCUT2D eigenvalue weighted by molar-refractivity contribution is 5.86. The third-order valence-electron chi connectivity index (χ3n) is 1.12. The molecule has 0 bridgehead atoms. The molecule has 4 N–H and O–H groups in total. The lowest BCUT2D eigenvalue weighted by atomic mass is 10.3. The van der Waals surface area contributed by atoms with Crippen molar-refractivity contribution in [2.75, 3.05) is 5.73 Å². The van der Waals surface area contributed by atoms with Gasteiger partial charge in [0, 0.05) is 0 Å². The van der Waals surface area contributed by atoms with Gasteiger partial charge in [-0.3, -0.25) is 0 Å². The van der Waals surface area contributed by atoms with Gasteiger partial charge in [0.1, 0.15) is 0 Å². The number of nitrogen functional groups attached to an aromatic ring is 1. The fourth-order valence-corrected chi connectivity index (χ4v) is 0.587. The fraction of sp³-hybridized carbons (Fsp3) is 0. The van der Waals surface area contributed by atoms with E-state index in [1.807, 2.05) is 0 Å². The van der Waals surface area contributed by atoms with E-state index in [9.17, 15) is 4.79 Å². The van der Waals surface area contributed by atoms with Crippen molar-refractivity contribution in [1.29, 1.82) is 0 Å². The lowest BCUT2D eigenvalue weighted by molar-refractivity contribution is 0.0690. The van der Waals surface area contributed by atoms with E-state index in [0.717, 1.165) is 0 Å². The van der Waals surface area contributed by atoms with E-state index in [0.29, 0.717) is 0 Å². The van der Waals surface area contributed by atoms with Gasteiger partial charge in [0.05, 0.1) is 0 Å². The third kappa shape index (κ3) is 2.00. The van der Waals surface area contributed by atoms with Crippen molar-refractivity contribution < 1.29 is 15.0 Å². The molecule has 1 heterocycles. The van der Waals surface area contributed by atoms with Crippen LogP contribution in [-0.2, 0) is 0 Å². The van der Waals surface area contributed by atoms with Gasteiger partial charge in [-0.2, -0.15) is 0 Å². The second-order valence-electron chi connectivity index (χ2n) is 1.91. The van der Waals surface area contributed by atoms with Crippen LogP contribution in [-0.4, -0.2) is 21.2 Å². The highest BCUT2D eigenvalue weighted by atomic mass is 35.5. The Balaban J connectivity index is 0.00000121. The molecule has 0 saturated carbocycles. The number of aromatic nitrogens is 1. The van der Waals surface area contributed by atoms with Gasteiger partial charge < -0.3 is 15.9 Å². The van der Waals surface area contributed by atoms with E-state index >= 15 is 0 Å². The van der Waals surface area contributed by atoms with Crippen LogP contribution in [0.15, 0.2) is 12.1 Å². The van der Waals surface area contributed by atoms with E-state index < -0.39 is 5.97 Å². The maximum Gasteiger partial charge on any atom is 0.354 e. The second kappa shape index (κ2) is 3.77. The van der Waals surface area contributed by atoms with Crippen LogP contribution in [0, 0.1) is 0 Å². The average Bonchev–Trinajstić information content (AvgIpc) is 1.94. The number of halogens is 1. The fourth-order valence-electron chi connectivity index (χ4n) is 0.587. The Morgan fingerprint density at radius 1 is 1.50 bits per heavy atom. The molecule has 1 rings (SSSR count). The van der Waals surface area contributed by atoms with Gasteiger partial charge in [-0.15, -0.1) is 12.4 Å². The van der Waals surface area contributed by atoms with E-state index in [1.54, 1.807) is 0 Å². The number of nitrogens with zero attached hydrogens (tertiary/aromatic N) is 1. The number of rotatable bonds is 1. The molecule has 0 atom stereocenters. The predicted molar refractivity (Wildman–Crippen MR) is 44.5 cm³/mol. The minimum atomic E-state index is -1.17. The van der Waals surface area contributed by atoms with E-state index in [-0.39, 0.29) is 29.7 Å². The summed E-state index contributed by atoms with van der Waals surface area (Å²) >= 11 is 0. The molecule has 0 aliphatic heterocycles. The standard InChI is InChI=1S/C6H6N2O3.ClH/c7-5-4(9)2-1-3(8-5)6(10)11;/h1-2,9H,(H2,7,8)(H,10,11);1H. The predicted octanol–water partition coefficient (Wildman–Crippen LogP) is 0.489. The van der Waals surface area contributed by atoms with Crippen LogP contribution >= 0.6 is 12.4 Å². The first-order valence-electron chi connectivity index (χ1n) is 2.80. The molecule has 0 amide bonds. The number of carbonyl (C=O) groups is 1. The van der Waals surface area contributed by atoms with Crippen molar-refractivity contribution in [2.24, 2.45) is 0 Å². The molecule has 0 spiro atoms. The van der Waals surface area contributed by atoms with Crippen LogP contribution in [0.2, 0.25) is 0 Å². The number of nitrogens with two attached hydrogens (primary N) is 1. The quantitative estimate of drug-likeness (QED) is 0.599. The molecular formula is C6H7ClN2O3. The van der Waals surface area contributed by atoms with E-state index in [1.165, 1.54) is 12.1 Å². The number of anilines is 1. The largest absolute Gasteiger partial charge is 0.504 e. The summed E-state index contributed by atoms with van der Waals surface area (Å²) in [5.74, 6) is -1.56. The van der Waals surface area contributed by atoms with Gasteiger partial charge in [-0.25, -0.2) is 9.78 Å². The minimum absolute atomic E-state index is 0. The Hall–Kier alpha value is -1.49. The van der Waals surface area contributed by atoms with Crippen LogP contribution in [0.4, 0.5) is 5.82 Å². The van der Waals surface area contributed by atoms with Gasteiger partial charge >= 0.3 is 5.97 Å². The highest BCUT2D eigenvalue weighted by Crippen LogP contribution is 2.15. The summed E-state index contributed by atoms with van der Waals surface area (Å²) in [6, 6.07) is 2.36. The molecular weight excluding hydrogens is 184 g/mol. The lowest BCUT2D eigenvalue weighted by Crippen LogP contribution is -2.02. The topological polar surface area (TPSA) is 96.4 Å². The van der Waals surface area contributed by atoms with Crippen LogP contribution in [0.3, 0.4) is 0 Å². The molecule has 6 heteroatoms. The maximum absolute atomic E-state index is 10.3. The van der Waals surface area contributed by atoms with Crippen molar-refractivity contribution >= 4 is 24.2 Å². The van der Waals surface area contributed by atoms with Gasteiger partial charge in [-0.1, -0.05) is 0 Å². The average molecular weight is 191 g/mol. The summed E-state index contributed by atoms with van der Waals surface area (Å²) in [5.41, 5.74) is 4.95. The van der Waals surface area contributed by atoms with Gasteiger partial charge in [0.2, 0.25) is 0 Å². The third-order valence-corrected chi connectivity index (χ3v) is 1.12. The smallest absolute Gasteiger partial charge is 0.354 e. The van der Waals surface area contributed by atoms with Crippen molar-refractivity contribution in [3.05, 3.63) is 17.8 Å². The van der Waals surface area contributed by atoms with Crippen LogP contribution in [0.5, 0.6) is 5.75 Å². The number of hydrogen-bond donors (Lipinski definition) is 3. The Labute approximate surface area is 74.3 Å². The molecule has 12 heavy (non-hydrogen) atoms. The second-order valence-corrected chi connectivity index (χ2v) is 1.91. The first-order valence-corrected chi connectivity index (χ1v) is 2.80. The molecule has 0 aliphatic carbocycles. The molecule has 0 aliphatic rings. The van der Waals surface area contributed by atoms with Gasteiger partial charge in [0.25, 0.3) is 0 Å². The van der Waals surface area contributed by atoms with Gasteiger partial charge in [-0.05, 0) is 12.1 Å². The Bertz CT molecular complexity index is 303. The van der Waals surface area contributed by atoms with Gasteiger partial charge in [0.15, 0.2) is 17.3 Å². The summed E-state index contributed by atoms with van der Waals surface area (Å²) in [6.07, 6.45) is 0. The highest BCUT2D eigenvalue weighted by Gasteiger charge is 2.06. The Kier molecular flexibility index (Phi) is 3.30. The first kappa shape index (κ1) is 10.5. The van der Waals surface area contributed by atoms with Crippen molar-refractivity contribution in [3.8, 4) is 5.75 Å². The molecule has 0 aromatic carbocycles. The summed E-state index contributed by atoms with van der Waals surface area (Å²) in [6.45, 7) is 0. The van der Waals surface area contributed by atoms with Crippen molar-refractivity contribution in [3.63, 3.8) is 0 Å². The number of carboxylic acids is 1. The first-order chi connectivity index (χ1) is 5.11. The SMILES string of the molecule is Cl.Nc1nc(C(=O)O)ccc1O. The van der Waals surface area contributed by atoms with Crippen LogP contribution < -0.4 is 5.73 Å². The van der Waals surface area contributed by atoms with Crippen molar-refractivity contribution in [2.45, 2.75) is 0 Å². The number of hydrogen-bond acceptors (Lipinski definition) is 4. The summed E-state index contributed by atoms with van der Waals surface area (Å²) < 4.78 is 0. The van der Waals surface area contributed by atoms with E-state index in [4.69, 9.17) is 15.9 Å². The molecule has 1 aromatic heterocycles. The van der Waals surface area contributed by atoms with Crippen molar-refractivity contribution in [1.82, 2.24) is 4.98 Å². The maximum atomic E-state index is 10.3. The van der Waals surface area contributed by atoms with Crippen LogP contribution in [0.25, 0.3) is 0 Å². The Morgan fingerprint density at radius 3 is 2.50 bits per heavy atom. The van der Waals surface area contributed by atoms with E-state index in [2.05, 4.69) is 4.98 Å². The zero-order valence-corrected chi connectivity index (χ0v) is 6.71. The minimum Gasteiger partial charge on any atom is -0.504 e. The molecule has 0 radical (unpaired) electrons. The normalized spacial score (nSPS) is 8.67. The molecule has 0 saturated heterocycles. The summed E-state index contributed by atoms with van der Waals surface area (Å²) in [4.78, 5) is 13.7.